The molecule has 0 bridgehead atoms. The Morgan fingerprint density at radius 1 is 1.50 bits per heavy atom. The number of hydrogen-bond donors (Lipinski definition) is 2. The molecule has 0 aliphatic rings. The predicted molar refractivity (Wildman–Crippen MR) is 54.5 cm³/mol. The lowest BCUT2D eigenvalue weighted by Crippen LogP contribution is -2.26. The lowest BCUT2D eigenvalue weighted by atomic mass is 10.2. The van der Waals surface area contributed by atoms with E-state index in [1.165, 1.54) is 6.07 Å². The highest BCUT2D eigenvalue weighted by Crippen LogP contribution is 2.15. The molecule has 0 saturated carbocycles. The van der Waals surface area contributed by atoms with Gasteiger partial charge in [-0.05, 0) is 24.6 Å². The van der Waals surface area contributed by atoms with Crippen LogP contribution in [0, 0.1) is 12.7 Å². The quantitative estimate of drug-likeness (QED) is 0.582. The maximum absolute atomic E-state index is 13.3. The van der Waals surface area contributed by atoms with Crippen LogP contribution in [-0.2, 0) is 14.9 Å². The maximum Gasteiger partial charge on any atom is 0.265 e. The number of rotatable bonds is 5. The van der Waals surface area contributed by atoms with Crippen molar-refractivity contribution >= 4 is 10.0 Å². The van der Waals surface area contributed by atoms with Crippen LogP contribution in [0.1, 0.15) is 5.56 Å². The highest BCUT2D eigenvalue weighted by atomic mass is 32.2. The van der Waals surface area contributed by atoms with Crippen LogP contribution in [0.2, 0.25) is 0 Å². The molecule has 16 heavy (non-hydrogen) atoms. The van der Waals surface area contributed by atoms with E-state index < -0.39 is 20.7 Å². The summed E-state index contributed by atoms with van der Waals surface area (Å²) in [6, 6.07) is 3.74. The summed E-state index contributed by atoms with van der Waals surface area (Å²) in [4.78, 5) is 5.65. The lowest BCUT2D eigenvalue weighted by Gasteiger charge is -2.07. The molecule has 1 aromatic carbocycles. The van der Waals surface area contributed by atoms with Crippen LogP contribution in [-0.4, -0.2) is 26.7 Å². The number of aryl methyl sites for hydroxylation is 1. The maximum atomic E-state index is 13.3. The second kappa shape index (κ2) is 5.35. The largest absolute Gasteiger partial charge is 0.394 e. The minimum Gasteiger partial charge on any atom is -0.394 e. The average molecular weight is 249 g/mol. The molecule has 0 aliphatic heterocycles. The molecular weight excluding hydrogens is 237 g/mol. The number of nitrogens with one attached hydrogen (secondary N) is 1. The van der Waals surface area contributed by atoms with Gasteiger partial charge in [0.1, 0.15) is 10.7 Å². The van der Waals surface area contributed by atoms with E-state index in [9.17, 15) is 12.8 Å². The van der Waals surface area contributed by atoms with Crippen molar-refractivity contribution < 1.29 is 22.8 Å². The Hall–Kier alpha value is -1.02. The van der Waals surface area contributed by atoms with Crippen molar-refractivity contribution in [2.45, 2.75) is 11.8 Å². The van der Waals surface area contributed by atoms with Gasteiger partial charge in [0, 0.05) is 0 Å². The van der Waals surface area contributed by atoms with Crippen LogP contribution >= 0.6 is 0 Å². The van der Waals surface area contributed by atoms with Crippen LogP contribution < -0.4 is 4.89 Å². The van der Waals surface area contributed by atoms with Gasteiger partial charge in [0.15, 0.2) is 0 Å². The Bertz CT molecular complexity index is 461. The van der Waals surface area contributed by atoms with Crippen molar-refractivity contribution in [3.05, 3.63) is 29.6 Å². The average Bonchev–Trinajstić information content (AvgIpc) is 2.17. The molecule has 0 amide bonds. The van der Waals surface area contributed by atoms with Crippen LogP contribution in [0.3, 0.4) is 0 Å². The molecule has 0 heterocycles. The van der Waals surface area contributed by atoms with Crippen molar-refractivity contribution in [3.8, 4) is 0 Å². The smallest absolute Gasteiger partial charge is 0.265 e. The van der Waals surface area contributed by atoms with E-state index in [2.05, 4.69) is 4.84 Å². The van der Waals surface area contributed by atoms with Crippen molar-refractivity contribution in [1.82, 2.24) is 4.89 Å². The third-order valence-corrected chi connectivity index (χ3v) is 2.99. The standard InChI is InChI=1S/C9H12FNO4S/c1-7-2-3-9(8(10)6-7)16(13,14)11-15-5-4-12/h2-3,6,11-12H,4-5H2,1H3. The summed E-state index contributed by atoms with van der Waals surface area (Å²) in [7, 11) is -4.04. The van der Waals surface area contributed by atoms with Crippen LogP contribution in [0.15, 0.2) is 23.1 Å². The van der Waals surface area contributed by atoms with E-state index in [4.69, 9.17) is 5.11 Å². The van der Waals surface area contributed by atoms with E-state index in [-0.39, 0.29) is 13.2 Å². The van der Waals surface area contributed by atoms with Crippen molar-refractivity contribution in [3.63, 3.8) is 0 Å². The highest BCUT2D eigenvalue weighted by molar-refractivity contribution is 7.89. The van der Waals surface area contributed by atoms with E-state index in [1.807, 2.05) is 0 Å². The Kier molecular flexibility index (Phi) is 4.36. The first-order valence-electron chi connectivity index (χ1n) is 4.48. The molecule has 0 aliphatic carbocycles. The monoisotopic (exact) mass is 249 g/mol. The van der Waals surface area contributed by atoms with E-state index >= 15 is 0 Å². The summed E-state index contributed by atoms with van der Waals surface area (Å²) >= 11 is 0. The van der Waals surface area contributed by atoms with Crippen LogP contribution in [0.5, 0.6) is 0 Å². The lowest BCUT2D eigenvalue weighted by molar-refractivity contribution is 0.0600. The number of sulfonamides is 1. The van der Waals surface area contributed by atoms with Crippen molar-refractivity contribution in [1.29, 1.82) is 0 Å². The van der Waals surface area contributed by atoms with Gasteiger partial charge in [-0.25, -0.2) is 12.8 Å². The SMILES string of the molecule is Cc1ccc(S(=O)(=O)NOCCO)c(F)c1. The summed E-state index contributed by atoms with van der Waals surface area (Å²) < 4.78 is 36.3. The fourth-order valence-corrected chi connectivity index (χ4v) is 1.92. The number of halogens is 1. The molecule has 0 atom stereocenters. The van der Waals surface area contributed by atoms with Gasteiger partial charge in [-0.3, -0.25) is 4.84 Å². The summed E-state index contributed by atoms with van der Waals surface area (Å²) in [6.45, 7) is 1.11. The van der Waals surface area contributed by atoms with Crippen LogP contribution in [0.4, 0.5) is 4.39 Å². The summed E-state index contributed by atoms with van der Waals surface area (Å²) in [5.41, 5.74) is 0.618. The molecule has 7 heteroatoms. The van der Waals surface area contributed by atoms with Gasteiger partial charge in [0.2, 0.25) is 0 Å². The van der Waals surface area contributed by atoms with E-state index in [1.54, 1.807) is 11.8 Å². The van der Waals surface area contributed by atoms with E-state index in [0.717, 1.165) is 12.1 Å². The van der Waals surface area contributed by atoms with Gasteiger partial charge in [-0.2, -0.15) is 0 Å². The van der Waals surface area contributed by atoms with Gasteiger partial charge < -0.3 is 5.11 Å². The second-order valence-electron chi connectivity index (χ2n) is 3.09. The van der Waals surface area contributed by atoms with Gasteiger partial charge in [0.25, 0.3) is 10.0 Å². The molecule has 0 aromatic heterocycles. The topological polar surface area (TPSA) is 75.6 Å². The molecule has 0 fully saturated rings. The van der Waals surface area contributed by atoms with Gasteiger partial charge >= 0.3 is 0 Å². The van der Waals surface area contributed by atoms with E-state index in [0.29, 0.717) is 5.56 Å². The molecule has 5 nitrogen and oxygen atoms in total. The zero-order valence-electron chi connectivity index (χ0n) is 8.60. The summed E-state index contributed by atoms with van der Waals surface area (Å²) in [5, 5.41) is 8.39. The molecule has 1 rings (SSSR count). The first-order chi connectivity index (χ1) is 7.47. The fraction of sp³-hybridized carbons (Fsp3) is 0.333. The first kappa shape index (κ1) is 13.0. The van der Waals surface area contributed by atoms with Gasteiger partial charge in [-0.1, -0.05) is 11.0 Å². The number of hydrogen-bond acceptors (Lipinski definition) is 4. The number of aliphatic hydroxyl groups excluding tert-OH is 1. The van der Waals surface area contributed by atoms with Crippen molar-refractivity contribution in [2.75, 3.05) is 13.2 Å². The third-order valence-electron chi connectivity index (χ3n) is 1.74. The number of aliphatic hydroxyl groups is 1. The summed E-state index contributed by atoms with van der Waals surface area (Å²) in [5.74, 6) is -0.847. The molecule has 0 unspecified atom stereocenters. The molecule has 0 radical (unpaired) electrons. The Morgan fingerprint density at radius 2 is 2.19 bits per heavy atom. The Morgan fingerprint density at radius 3 is 2.75 bits per heavy atom. The van der Waals surface area contributed by atoms with Gasteiger partial charge in [-0.15, -0.1) is 0 Å². The zero-order valence-corrected chi connectivity index (χ0v) is 9.42. The molecule has 1 aromatic rings. The normalized spacial score (nSPS) is 11.7. The molecular formula is C9H12FNO4S. The minimum atomic E-state index is -4.04. The molecule has 0 saturated heterocycles. The summed E-state index contributed by atoms with van der Waals surface area (Å²) in [6.07, 6.45) is 0. The van der Waals surface area contributed by atoms with Gasteiger partial charge in [0.05, 0.1) is 13.2 Å². The Balaban J connectivity index is 2.90. The number of benzene rings is 1. The molecule has 2 N–H and O–H groups in total. The zero-order chi connectivity index (χ0) is 12.2. The Labute approximate surface area is 92.9 Å². The highest BCUT2D eigenvalue weighted by Gasteiger charge is 2.18. The van der Waals surface area contributed by atoms with Crippen LogP contribution in [0.25, 0.3) is 0 Å². The second-order valence-corrected chi connectivity index (χ2v) is 4.71. The molecule has 90 valence electrons. The third kappa shape index (κ3) is 3.24. The predicted octanol–water partition coefficient (Wildman–Crippen LogP) is 0.336. The molecule has 0 spiro atoms. The fourth-order valence-electron chi connectivity index (χ4n) is 1.03. The van der Waals surface area contributed by atoms with Crippen molar-refractivity contribution in [2.24, 2.45) is 0 Å². The minimum absolute atomic E-state index is 0.202. The first-order valence-corrected chi connectivity index (χ1v) is 5.96.